The molecule has 4 aromatic rings. The summed E-state index contributed by atoms with van der Waals surface area (Å²) in [6.45, 7) is 1.91. The van der Waals surface area contributed by atoms with E-state index in [2.05, 4.69) is 0 Å². The average molecular weight is 601 g/mol. The van der Waals surface area contributed by atoms with Gasteiger partial charge in [-0.05, 0) is 36.4 Å². The first kappa shape index (κ1) is 28.8. The molecule has 0 amide bonds. The molecular formula is C30H29FO8S2. The van der Waals surface area contributed by atoms with Crippen molar-refractivity contribution in [3.8, 4) is 23.0 Å². The first-order valence-corrected chi connectivity index (χ1v) is 14.8. The zero-order chi connectivity index (χ0) is 29.3. The smallest absolute Gasteiger partial charge is 0.306 e. The second-order valence-corrected chi connectivity index (χ2v) is 12.1. The summed E-state index contributed by atoms with van der Waals surface area (Å²) in [6.07, 6.45) is 2.12. The van der Waals surface area contributed by atoms with Gasteiger partial charge in [-0.25, -0.2) is 4.39 Å². The molecule has 2 aromatic carbocycles. The maximum absolute atomic E-state index is 15.4. The van der Waals surface area contributed by atoms with Crippen LogP contribution in [0.1, 0.15) is 52.0 Å². The van der Waals surface area contributed by atoms with Crippen LogP contribution in [0.2, 0.25) is 0 Å². The van der Waals surface area contributed by atoms with E-state index in [1.807, 2.05) is 0 Å². The van der Waals surface area contributed by atoms with E-state index < -0.39 is 17.7 Å². The monoisotopic (exact) mass is 600 g/mol. The molecule has 1 atom stereocenters. The van der Waals surface area contributed by atoms with E-state index in [4.69, 9.17) is 24.1 Å². The molecule has 2 heterocycles. The average Bonchev–Trinajstić information content (AvgIpc) is 3.58. The Morgan fingerprint density at radius 2 is 1.61 bits per heavy atom. The summed E-state index contributed by atoms with van der Waals surface area (Å²) < 4.78 is 39.4. The topological polar surface area (TPSA) is 108 Å². The van der Waals surface area contributed by atoms with Gasteiger partial charge >= 0.3 is 5.97 Å². The summed E-state index contributed by atoms with van der Waals surface area (Å²) in [5.41, 5.74) is 0. The lowest BCUT2D eigenvalue weighted by atomic mass is 10.0. The largest absolute Gasteiger partial charge is 0.493 e. The molecular weight excluding hydrogens is 571 g/mol. The van der Waals surface area contributed by atoms with Crippen molar-refractivity contribution in [1.29, 1.82) is 0 Å². The van der Waals surface area contributed by atoms with E-state index in [9.17, 15) is 14.4 Å². The molecule has 11 heteroatoms. The number of benzene rings is 2. The number of carboxylic acids is 1. The molecule has 1 fully saturated rings. The van der Waals surface area contributed by atoms with Crippen molar-refractivity contribution in [2.75, 3.05) is 27.4 Å². The molecule has 1 N–H and O–H groups in total. The molecule has 8 nitrogen and oxygen atoms in total. The second kappa shape index (κ2) is 12.0. The predicted octanol–water partition coefficient (Wildman–Crippen LogP) is 7.01. The van der Waals surface area contributed by atoms with Crippen LogP contribution in [0.3, 0.4) is 0 Å². The summed E-state index contributed by atoms with van der Waals surface area (Å²) in [4.78, 5) is 37.2. The van der Waals surface area contributed by atoms with Crippen LogP contribution < -0.4 is 18.9 Å². The van der Waals surface area contributed by atoms with Gasteiger partial charge in [-0.2, -0.15) is 0 Å². The maximum atomic E-state index is 15.4. The van der Waals surface area contributed by atoms with Gasteiger partial charge in [-0.15, -0.1) is 22.7 Å². The number of hydrogen-bond acceptors (Lipinski definition) is 9. The summed E-state index contributed by atoms with van der Waals surface area (Å²) in [7, 11) is 2.96. The van der Waals surface area contributed by atoms with Crippen LogP contribution in [-0.2, 0) is 4.79 Å². The van der Waals surface area contributed by atoms with E-state index in [0.717, 1.165) is 22.9 Å². The molecule has 1 aliphatic carbocycles. The fourth-order valence-electron chi connectivity index (χ4n) is 4.39. The highest BCUT2D eigenvalue weighted by atomic mass is 32.1. The van der Waals surface area contributed by atoms with Crippen molar-refractivity contribution >= 4 is 60.4 Å². The van der Waals surface area contributed by atoms with Gasteiger partial charge in [0.2, 0.25) is 0 Å². The third-order valence-electron chi connectivity index (χ3n) is 6.88. The van der Waals surface area contributed by atoms with E-state index in [-0.39, 0.29) is 48.6 Å². The number of halogens is 1. The lowest BCUT2D eigenvalue weighted by molar-refractivity contribution is -0.141. The number of fused-ring (bicyclic) bond motifs is 2. The molecule has 0 unspecified atom stereocenters. The van der Waals surface area contributed by atoms with Crippen LogP contribution in [0.5, 0.6) is 23.0 Å². The Morgan fingerprint density at radius 3 is 2.29 bits per heavy atom. The maximum Gasteiger partial charge on any atom is 0.306 e. The minimum absolute atomic E-state index is 0.00443. The van der Waals surface area contributed by atoms with Gasteiger partial charge in [-0.1, -0.05) is 6.92 Å². The van der Waals surface area contributed by atoms with Crippen LogP contribution in [0.4, 0.5) is 4.39 Å². The second-order valence-electron chi connectivity index (χ2n) is 9.95. The van der Waals surface area contributed by atoms with Gasteiger partial charge in [0.15, 0.2) is 40.4 Å². The normalized spacial score (nSPS) is 13.8. The predicted molar refractivity (Wildman–Crippen MR) is 155 cm³/mol. The van der Waals surface area contributed by atoms with Crippen molar-refractivity contribution in [1.82, 2.24) is 0 Å². The van der Waals surface area contributed by atoms with E-state index in [1.165, 1.54) is 43.8 Å². The Balaban J connectivity index is 1.23. The number of carbonyl (C=O) groups excluding carboxylic acids is 2. The summed E-state index contributed by atoms with van der Waals surface area (Å²) in [5, 5.41) is 10.2. The van der Waals surface area contributed by atoms with Crippen molar-refractivity contribution in [3.05, 3.63) is 45.9 Å². The van der Waals surface area contributed by atoms with Crippen molar-refractivity contribution < 1.29 is 42.8 Å². The molecule has 0 aliphatic heterocycles. The summed E-state index contributed by atoms with van der Waals surface area (Å²) in [6, 6.07) is 8.58. The Labute approximate surface area is 243 Å². The number of thiophene rings is 2. The number of methoxy groups -OCH3 is 2. The molecule has 5 rings (SSSR count). The van der Waals surface area contributed by atoms with Crippen LogP contribution in [0.15, 0.2) is 30.3 Å². The van der Waals surface area contributed by atoms with E-state index in [1.54, 1.807) is 30.3 Å². The quantitative estimate of drug-likeness (QED) is 0.122. The van der Waals surface area contributed by atoms with Crippen molar-refractivity contribution in [3.63, 3.8) is 0 Å². The minimum atomic E-state index is -1.01. The lowest BCUT2D eigenvalue weighted by Crippen LogP contribution is -2.13. The zero-order valence-electron chi connectivity index (χ0n) is 22.8. The van der Waals surface area contributed by atoms with Crippen LogP contribution in [-0.4, -0.2) is 50.1 Å². The SMILES string of the molecule is COc1cc2cc(C(=O)C[C@H](C)C(=O)O)sc2cc1OCCCOc1c(OC)cc2sc(C(=O)C3CC3)cc2c1F. The fraction of sp³-hybridized carbons (Fsp3) is 0.367. The van der Waals surface area contributed by atoms with Gasteiger partial charge in [0, 0.05) is 45.7 Å². The number of ether oxygens (including phenoxy) is 4. The number of carbonyl (C=O) groups is 3. The molecule has 216 valence electrons. The Kier molecular flexibility index (Phi) is 8.46. The first-order chi connectivity index (χ1) is 19.7. The Morgan fingerprint density at radius 1 is 0.927 bits per heavy atom. The minimum Gasteiger partial charge on any atom is -0.493 e. The highest BCUT2D eigenvalue weighted by Crippen LogP contribution is 2.42. The number of ketones is 2. The summed E-state index contributed by atoms with van der Waals surface area (Å²) >= 11 is 2.54. The molecule has 1 aliphatic rings. The van der Waals surface area contributed by atoms with Crippen LogP contribution >= 0.6 is 22.7 Å². The Hall–Kier alpha value is -3.70. The number of Topliss-reactive ketones (excluding diaryl/α,β-unsaturated/α-hetero) is 2. The standard InChI is InChI=1S/C30H29FO8S2/c1-15(30(34)35)9-19(32)25-11-17-10-20(36-2)21(13-23(17)40-25)38-7-4-8-39-29-22(37-3)14-24-18(27(29)31)12-26(41-24)28(33)16-5-6-16/h10-16H,4-9H2,1-3H3,(H,34,35)/t15-/m0/s1. The molecule has 0 spiro atoms. The van der Waals surface area contributed by atoms with Gasteiger partial charge in [0.1, 0.15) is 0 Å². The third kappa shape index (κ3) is 6.15. The summed E-state index contributed by atoms with van der Waals surface area (Å²) in [5.74, 6) is -1.21. The lowest BCUT2D eigenvalue weighted by Gasteiger charge is -2.13. The van der Waals surface area contributed by atoms with Crippen LogP contribution in [0, 0.1) is 17.7 Å². The van der Waals surface area contributed by atoms with Gasteiger partial charge < -0.3 is 24.1 Å². The third-order valence-corrected chi connectivity index (χ3v) is 9.11. The fourth-order valence-corrected chi connectivity index (χ4v) is 6.52. The number of carboxylic acid groups (broad SMARTS) is 1. The molecule has 1 saturated carbocycles. The molecule has 2 aromatic heterocycles. The van der Waals surface area contributed by atoms with E-state index in [0.29, 0.717) is 37.8 Å². The van der Waals surface area contributed by atoms with Gasteiger partial charge in [0.05, 0.1) is 43.1 Å². The highest BCUT2D eigenvalue weighted by Gasteiger charge is 2.32. The zero-order valence-corrected chi connectivity index (χ0v) is 24.4. The van der Waals surface area contributed by atoms with Gasteiger partial charge in [-0.3, -0.25) is 14.4 Å². The molecule has 41 heavy (non-hydrogen) atoms. The molecule has 0 saturated heterocycles. The van der Waals surface area contributed by atoms with Gasteiger partial charge in [0.25, 0.3) is 0 Å². The highest BCUT2D eigenvalue weighted by molar-refractivity contribution is 7.21. The van der Waals surface area contributed by atoms with Crippen molar-refractivity contribution in [2.24, 2.45) is 11.8 Å². The molecule has 0 bridgehead atoms. The molecule has 0 radical (unpaired) electrons. The van der Waals surface area contributed by atoms with Crippen molar-refractivity contribution in [2.45, 2.75) is 32.6 Å². The first-order valence-electron chi connectivity index (χ1n) is 13.2. The number of aliphatic carboxylic acids is 1. The number of hydrogen-bond donors (Lipinski definition) is 1. The van der Waals surface area contributed by atoms with E-state index >= 15 is 4.39 Å². The number of rotatable bonds is 14. The Bertz CT molecular complexity index is 1630. The van der Waals surface area contributed by atoms with Crippen LogP contribution in [0.25, 0.3) is 20.2 Å².